The van der Waals surface area contributed by atoms with Crippen LogP contribution in [0, 0.1) is 0 Å². The predicted molar refractivity (Wildman–Crippen MR) is 127 cm³/mol. The predicted octanol–water partition coefficient (Wildman–Crippen LogP) is 4.27. The van der Waals surface area contributed by atoms with Gasteiger partial charge in [0, 0.05) is 31.1 Å². The van der Waals surface area contributed by atoms with Crippen LogP contribution in [-0.2, 0) is 13.2 Å². The van der Waals surface area contributed by atoms with Crippen molar-refractivity contribution < 1.29 is 32.5 Å². The third-order valence-corrected chi connectivity index (χ3v) is 5.75. The molecule has 0 unspecified atom stereocenters. The van der Waals surface area contributed by atoms with Crippen LogP contribution in [0.1, 0.15) is 19.7 Å². The van der Waals surface area contributed by atoms with Crippen molar-refractivity contribution in [2.24, 2.45) is 0 Å². The topological polar surface area (TPSA) is 114 Å². The summed E-state index contributed by atoms with van der Waals surface area (Å²) < 4.78 is 58.8. The van der Waals surface area contributed by atoms with Crippen LogP contribution in [0.15, 0.2) is 41.5 Å². The molecule has 4 aromatic rings. The first-order chi connectivity index (χ1) is 17.6. The van der Waals surface area contributed by atoms with E-state index in [1.54, 1.807) is 6.92 Å². The van der Waals surface area contributed by atoms with Gasteiger partial charge in [0.25, 0.3) is 0 Å². The van der Waals surface area contributed by atoms with Crippen molar-refractivity contribution in [2.75, 3.05) is 7.11 Å². The first-order valence-electron chi connectivity index (χ1n) is 10.9. The lowest BCUT2D eigenvalue weighted by Crippen LogP contribution is -2.31. The zero-order chi connectivity index (χ0) is 26.9. The fraction of sp³-hybridized carbons (Fsp3) is 0.304. The van der Waals surface area contributed by atoms with Crippen LogP contribution in [0.25, 0.3) is 16.5 Å². The number of ether oxygens (including phenoxy) is 3. The summed E-state index contributed by atoms with van der Waals surface area (Å²) in [6.07, 6.45) is -4.14. The smallest absolute Gasteiger partial charge is 0.425 e. The molecule has 1 aromatic carbocycles. The van der Waals surface area contributed by atoms with Gasteiger partial charge in [0.15, 0.2) is 17.7 Å². The second-order valence-corrected chi connectivity index (χ2v) is 8.09. The van der Waals surface area contributed by atoms with Crippen molar-refractivity contribution >= 4 is 22.4 Å². The van der Waals surface area contributed by atoms with Gasteiger partial charge in [0.1, 0.15) is 17.4 Å². The van der Waals surface area contributed by atoms with Crippen LogP contribution in [-0.4, -0.2) is 48.8 Å². The molecule has 0 amide bonds. The standard InChI is InChI=1S/C23H21ClF3N5O5/c1-4-31-17(11-33)30-32(22(31)34)14-9-13-5-7-28-20(37-15-6-8-29-21(35-3)19(15)24)18(13)16(10-14)36-12(2)23(25,26)27/h5-10,12,33H,4,11H2,1-3H3/t12-/m0/s1. The highest BCUT2D eigenvalue weighted by Gasteiger charge is 2.38. The number of aliphatic hydroxyl groups excluding tert-OH is 1. The largest absolute Gasteiger partial charge is 0.480 e. The Morgan fingerprint density at radius 2 is 1.84 bits per heavy atom. The molecule has 0 aliphatic carbocycles. The van der Waals surface area contributed by atoms with Crippen molar-refractivity contribution in [3.8, 4) is 28.9 Å². The van der Waals surface area contributed by atoms with Crippen molar-refractivity contribution in [3.63, 3.8) is 0 Å². The number of benzene rings is 1. The molecule has 3 heterocycles. The number of fused-ring (bicyclic) bond motifs is 1. The molecule has 10 nitrogen and oxygen atoms in total. The van der Waals surface area contributed by atoms with Crippen LogP contribution >= 0.6 is 11.6 Å². The number of aliphatic hydroxyl groups is 1. The van der Waals surface area contributed by atoms with E-state index >= 15 is 0 Å². The number of nitrogens with zero attached hydrogens (tertiary/aromatic N) is 5. The lowest BCUT2D eigenvalue weighted by atomic mass is 10.1. The maximum Gasteiger partial charge on any atom is 0.425 e. The highest BCUT2D eigenvalue weighted by molar-refractivity contribution is 6.33. The molecule has 0 radical (unpaired) electrons. The van der Waals surface area contributed by atoms with Gasteiger partial charge in [-0.15, -0.1) is 5.10 Å². The Morgan fingerprint density at radius 3 is 2.46 bits per heavy atom. The first-order valence-corrected chi connectivity index (χ1v) is 11.3. The summed E-state index contributed by atoms with van der Waals surface area (Å²) in [6.45, 7) is 2.27. The Bertz CT molecular complexity index is 1500. The van der Waals surface area contributed by atoms with E-state index in [0.29, 0.717) is 5.39 Å². The molecule has 0 bridgehead atoms. The summed E-state index contributed by atoms with van der Waals surface area (Å²) in [5.74, 6) is -0.0989. The Balaban J connectivity index is 1.93. The average molecular weight is 540 g/mol. The zero-order valence-electron chi connectivity index (χ0n) is 19.8. The fourth-order valence-corrected chi connectivity index (χ4v) is 3.78. The van der Waals surface area contributed by atoms with Crippen LogP contribution in [0.5, 0.6) is 23.3 Å². The molecule has 0 aliphatic heterocycles. The number of halogens is 4. The van der Waals surface area contributed by atoms with E-state index in [-0.39, 0.29) is 51.7 Å². The van der Waals surface area contributed by atoms with Gasteiger partial charge in [-0.25, -0.2) is 14.8 Å². The number of methoxy groups -OCH3 is 1. The molecule has 1 N–H and O–H groups in total. The van der Waals surface area contributed by atoms with Crippen LogP contribution in [0.4, 0.5) is 13.2 Å². The molecule has 1 atom stereocenters. The molecule has 37 heavy (non-hydrogen) atoms. The van der Waals surface area contributed by atoms with Gasteiger partial charge in [-0.3, -0.25) is 4.57 Å². The summed E-state index contributed by atoms with van der Waals surface area (Å²) in [5, 5.41) is 14.2. The molecule has 0 aliphatic rings. The Labute approximate surface area is 212 Å². The van der Waals surface area contributed by atoms with Gasteiger partial charge >= 0.3 is 11.9 Å². The van der Waals surface area contributed by atoms with E-state index in [0.717, 1.165) is 11.6 Å². The number of alkyl halides is 3. The van der Waals surface area contributed by atoms with Crippen molar-refractivity contribution in [2.45, 2.75) is 39.3 Å². The molecule has 0 saturated carbocycles. The normalized spacial score (nSPS) is 12.5. The fourth-order valence-electron chi connectivity index (χ4n) is 3.55. The van der Waals surface area contributed by atoms with Gasteiger partial charge in [-0.05, 0) is 31.4 Å². The lowest BCUT2D eigenvalue weighted by Gasteiger charge is -2.20. The molecular weight excluding hydrogens is 519 g/mol. The molecule has 0 spiro atoms. The minimum absolute atomic E-state index is 0.0275. The van der Waals surface area contributed by atoms with Gasteiger partial charge in [0.2, 0.25) is 11.8 Å². The zero-order valence-corrected chi connectivity index (χ0v) is 20.5. The lowest BCUT2D eigenvalue weighted by molar-refractivity contribution is -0.189. The van der Waals surface area contributed by atoms with E-state index in [1.807, 2.05) is 0 Å². The molecule has 3 aromatic heterocycles. The minimum atomic E-state index is -4.68. The SMILES string of the molecule is CCn1c(CO)nn(-c2cc(O[C@@H](C)C(F)(F)F)c3c(Oc4ccnc(OC)c4Cl)nccc3c2)c1=O. The highest BCUT2D eigenvalue weighted by atomic mass is 35.5. The molecular formula is C23H21ClF3N5O5. The Morgan fingerprint density at radius 1 is 1.14 bits per heavy atom. The number of aromatic nitrogens is 5. The van der Waals surface area contributed by atoms with Crippen molar-refractivity contribution in [3.05, 3.63) is 58.0 Å². The second kappa shape index (κ2) is 10.3. The maximum absolute atomic E-state index is 13.4. The van der Waals surface area contributed by atoms with Crippen LogP contribution < -0.4 is 19.9 Å². The summed E-state index contributed by atoms with van der Waals surface area (Å²) in [4.78, 5) is 21.0. The second-order valence-electron chi connectivity index (χ2n) is 7.71. The van der Waals surface area contributed by atoms with Crippen LogP contribution in [0.2, 0.25) is 5.02 Å². The third-order valence-electron chi connectivity index (χ3n) is 5.40. The molecule has 196 valence electrons. The van der Waals surface area contributed by atoms with Gasteiger partial charge in [-0.2, -0.15) is 17.9 Å². The average Bonchev–Trinajstić information content (AvgIpc) is 3.19. The van der Waals surface area contributed by atoms with E-state index in [4.69, 9.17) is 25.8 Å². The van der Waals surface area contributed by atoms with Crippen molar-refractivity contribution in [1.82, 2.24) is 24.3 Å². The number of rotatable bonds is 8. The van der Waals surface area contributed by atoms with Gasteiger partial charge in [-0.1, -0.05) is 11.6 Å². The van der Waals surface area contributed by atoms with Gasteiger partial charge in [0.05, 0.1) is 18.2 Å². The first kappa shape index (κ1) is 26.2. The van der Waals surface area contributed by atoms with E-state index in [1.165, 1.54) is 48.3 Å². The molecule has 14 heteroatoms. The van der Waals surface area contributed by atoms with Crippen molar-refractivity contribution in [1.29, 1.82) is 0 Å². The Hall–Kier alpha value is -3.84. The molecule has 4 rings (SSSR count). The monoisotopic (exact) mass is 539 g/mol. The molecule has 0 fully saturated rings. The van der Waals surface area contributed by atoms with E-state index < -0.39 is 24.6 Å². The quantitative estimate of drug-likeness (QED) is 0.353. The number of hydrogen-bond acceptors (Lipinski definition) is 8. The number of hydrogen-bond donors (Lipinski definition) is 1. The summed E-state index contributed by atoms with van der Waals surface area (Å²) in [6, 6.07) is 5.69. The number of pyridine rings is 2. The van der Waals surface area contributed by atoms with Gasteiger partial charge < -0.3 is 19.3 Å². The highest BCUT2D eigenvalue weighted by Crippen LogP contribution is 2.41. The van der Waals surface area contributed by atoms with E-state index in [2.05, 4.69) is 15.1 Å². The van der Waals surface area contributed by atoms with Crippen LogP contribution in [0.3, 0.4) is 0 Å². The summed E-state index contributed by atoms with van der Waals surface area (Å²) in [5.41, 5.74) is -0.466. The maximum atomic E-state index is 13.4. The summed E-state index contributed by atoms with van der Waals surface area (Å²) >= 11 is 6.27. The van der Waals surface area contributed by atoms with E-state index in [9.17, 15) is 23.1 Å². The molecule has 0 saturated heterocycles. The summed E-state index contributed by atoms with van der Waals surface area (Å²) in [7, 11) is 1.37. The third kappa shape index (κ3) is 5.04. The minimum Gasteiger partial charge on any atom is -0.480 e. The Kier molecular flexibility index (Phi) is 7.28.